The van der Waals surface area contributed by atoms with E-state index < -0.39 is 5.41 Å². The van der Waals surface area contributed by atoms with Gasteiger partial charge in [0.25, 0.3) is 5.91 Å². The van der Waals surface area contributed by atoms with Crippen LogP contribution in [0.4, 0.5) is 0 Å². The molecule has 0 atom stereocenters. The molecule has 0 spiro atoms. The molecule has 0 fully saturated rings. The van der Waals surface area contributed by atoms with Gasteiger partial charge >= 0.3 is 0 Å². The van der Waals surface area contributed by atoms with Crippen LogP contribution in [-0.2, 0) is 0 Å². The van der Waals surface area contributed by atoms with E-state index in [1.165, 1.54) is 16.2 Å². The van der Waals surface area contributed by atoms with Gasteiger partial charge in [-0.05, 0) is 19.1 Å². The molecule has 1 amide bonds. The molecule has 0 saturated heterocycles. The Labute approximate surface area is 133 Å². The van der Waals surface area contributed by atoms with Crippen molar-refractivity contribution in [1.82, 2.24) is 9.88 Å². The highest BCUT2D eigenvalue weighted by Gasteiger charge is 2.27. The number of rotatable bonds is 6. The van der Waals surface area contributed by atoms with Crippen LogP contribution in [0.1, 0.15) is 23.2 Å². The monoisotopic (exact) mass is 324 g/mol. The lowest BCUT2D eigenvalue weighted by atomic mass is 9.92. The van der Waals surface area contributed by atoms with Crippen molar-refractivity contribution in [1.29, 1.82) is 0 Å². The molecule has 6 nitrogen and oxygen atoms in total. The number of amides is 1. The number of aromatic nitrogens is 1. The van der Waals surface area contributed by atoms with Crippen LogP contribution < -0.4 is 0 Å². The van der Waals surface area contributed by atoms with Crippen LogP contribution in [0.25, 0.3) is 10.8 Å². The Morgan fingerprint density at radius 1 is 1.41 bits per heavy atom. The summed E-state index contributed by atoms with van der Waals surface area (Å²) >= 11 is 1.34. The molecular weight excluding hydrogens is 304 g/mol. The van der Waals surface area contributed by atoms with Gasteiger partial charge in [0.1, 0.15) is 11.5 Å². The molecule has 0 aliphatic carbocycles. The maximum absolute atomic E-state index is 12.4. The van der Waals surface area contributed by atoms with E-state index >= 15 is 0 Å². The molecule has 2 rings (SSSR count). The van der Waals surface area contributed by atoms with E-state index in [-0.39, 0.29) is 25.7 Å². The summed E-state index contributed by atoms with van der Waals surface area (Å²) in [5.41, 5.74) is -0.406. The molecular formula is C15H20N2O4S. The fraction of sp³-hybridized carbons (Fsp3) is 0.467. The normalized spacial score (nSPS) is 11.7. The number of hydrogen-bond donors (Lipinski definition) is 2. The van der Waals surface area contributed by atoms with Crippen molar-refractivity contribution in [2.24, 2.45) is 5.41 Å². The maximum Gasteiger partial charge on any atom is 0.273 e. The van der Waals surface area contributed by atoms with Gasteiger partial charge in [-0.25, -0.2) is 4.98 Å². The fourth-order valence-corrected chi connectivity index (χ4v) is 2.78. The molecule has 7 heteroatoms. The molecule has 0 aliphatic rings. The first-order valence-electron chi connectivity index (χ1n) is 6.88. The van der Waals surface area contributed by atoms with Crippen molar-refractivity contribution in [3.05, 3.63) is 29.0 Å². The highest BCUT2D eigenvalue weighted by Crippen LogP contribution is 2.26. The minimum Gasteiger partial charge on any atom is -0.459 e. The van der Waals surface area contributed by atoms with Gasteiger partial charge in [0.05, 0.1) is 13.2 Å². The summed E-state index contributed by atoms with van der Waals surface area (Å²) in [6.07, 6.45) is 0. The third-order valence-electron chi connectivity index (χ3n) is 3.40. The van der Waals surface area contributed by atoms with Gasteiger partial charge in [0, 0.05) is 24.4 Å². The first-order chi connectivity index (χ1) is 10.4. The van der Waals surface area contributed by atoms with E-state index in [2.05, 4.69) is 4.98 Å². The van der Waals surface area contributed by atoms with Crippen LogP contribution in [0.5, 0.6) is 0 Å². The topological polar surface area (TPSA) is 86.8 Å². The molecule has 2 N–H and O–H groups in total. The molecule has 2 aromatic heterocycles. The summed E-state index contributed by atoms with van der Waals surface area (Å²) in [6, 6.07) is 3.67. The number of furan rings is 1. The molecule has 0 unspecified atom stereocenters. The van der Waals surface area contributed by atoms with Gasteiger partial charge in [-0.15, -0.1) is 11.3 Å². The second kappa shape index (κ2) is 6.60. The Morgan fingerprint density at radius 2 is 2.09 bits per heavy atom. The Hall–Kier alpha value is -1.70. The third-order valence-corrected chi connectivity index (χ3v) is 4.26. The predicted octanol–water partition coefficient (Wildman–Crippen LogP) is 1.77. The molecule has 22 heavy (non-hydrogen) atoms. The van der Waals surface area contributed by atoms with Crippen LogP contribution >= 0.6 is 11.3 Å². The van der Waals surface area contributed by atoms with E-state index in [0.29, 0.717) is 16.5 Å². The van der Waals surface area contributed by atoms with Gasteiger partial charge < -0.3 is 19.5 Å². The van der Waals surface area contributed by atoms with E-state index in [9.17, 15) is 15.0 Å². The lowest BCUT2D eigenvalue weighted by molar-refractivity contribution is 0.0364. The number of hydrogen-bond acceptors (Lipinski definition) is 6. The standard InChI is InChI=1S/C15H20N2O4S/c1-10-4-5-12(21-10)13-16-11(6-22-13)14(20)17(3)7-15(2,8-18)9-19/h4-6,18-19H,7-9H2,1-3H3. The minimum absolute atomic E-state index is 0.199. The largest absolute Gasteiger partial charge is 0.459 e. The van der Waals surface area contributed by atoms with Crippen LogP contribution in [-0.4, -0.2) is 52.8 Å². The van der Waals surface area contributed by atoms with Crippen LogP contribution in [0.3, 0.4) is 0 Å². The predicted molar refractivity (Wildman–Crippen MR) is 83.8 cm³/mol. The Kier molecular flexibility index (Phi) is 5.00. The van der Waals surface area contributed by atoms with Gasteiger partial charge in [-0.1, -0.05) is 6.92 Å². The molecule has 0 bridgehead atoms. The number of thiazole rings is 1. The zero-order chi connectivity index (χ0) is 16.3. The average Bonchev–Trinajstić information content (AvgIpc) is 3.14. The summed E-state index contributed by atoms with van der Waals surface area (Å²) < 4.78 is 5.50. The maximum atomic E-state index is 12.4. The zero-order valence-electron chi connectivity index (χ0n) is 12.9. The van der Waals surface area contributed by atoms with Crippen molar-refractivity contribution in [2.75, 3.05) is 26.8 Å². The van der Waals surface area contributed by atoms with Gasteiger partial charge in [-0.3, -0.25) is 4.79 Å². The van der Waals surface area contributed by atoms with Crippen LogP contribution in [0.15, 0.2) is 21.9 Å². The van der Waals surface area contributed by atoms with Crippen molar-refractivity contribution < 1.29 is 19.4 Å². The second-order valence-electron chi connectivity index (χ2n) is 5.74. The van der Waals surface area contributed by atoms with Crippen LogP contribution in [0.2, 0.25) is 0 Å². The average molecular weight is 324 g/mol. The molecule has 2 aromatic rings. The summed E-state index contributed by atoms with van der Waals surface area (Å²) in [7, 11) is 1.63. The fourth-order valence-electron chi connectivity index (χ4n) is 2.02. The van der Waals surface area contributed by atoms with Crippen molar-refractivity contribution in [2.45, 2.75) is 13.8 Å². The Bertz CT molecular complexity index is 646. The molecule has 120 valence electrons. The number of aliphatic hydroxyl groups is 2. The highest BCUT2D eigenvalue weighted by molar-refractivity contribution is 7.13. The number of carbonyl (C=O) groups is 1. The molecule has 0 saturated carbocycles. The van der Waals surface area contributed by atoms with Gasteiger partial charge in [-0.2, -0.15) is 0 Å². The van der Waals surface area contributed by atoms with E-state index in [4.69, 9.17) is 4.42 Å². The SMILES string of the molecule is Cc1ccc(-c2nc(C(=O)N(C)CC(C)(CO)CO)cs2)o1. The smallest absolute Gasteiger partial charge is 0.273 e. The number of nitrogens with zero attached hydrogens (tertiary/aromatic N) is 2. The Balaban J connectivity index is 2.11. The molecule has 2 heterocycles. The molecule has 0 aromatic carbocycles. The quantitative estimate of drug-likeness (QED) is 0.846. The highest BCUT2D eigenvalue weighted by atomic mass is 32.1. The van der Waals surface area contributed by atoms with E-state index in [1.807, 2.05) is 19.1 Å². The van der Waals surface area contributed by atoms with Crippen molar-refractivity contribution in [3.63, 3.8) is 0 Å². The van der Waals surface area contributed by atoms with Gasteiger partial charge in [0.2, 0.25) is 0 Å². The van der Waals surface area contributed by atoms with E-state index in [0.717, 1.165) is 5.76 Å². The zero-order valence-corrected chi connectivity index (χ0v) is 13.7. The first-order valence-corrected chi connectivity index (χ1v) is 7.76. The summed E-state index contributed by atoms with van der Waals surface area (Å²) in [4.78, 5) is 18.1. The minimum atomic E-state index is -0.735. The lowest BCUT2D eigenvalue weighted by Gasteiger charge is -2.29. The van der Waals surface area contributed by atoms with Crippen molar-refractivity contribution >= 4 is 17.2 Å². The summed E-state index contributed by atoms with van der Waals surface area (Å²) in [5, 5.41) is 21.0. The lowest BCUT2D eigenvalue weighted by Crippen LogP contribution is -2.41. The molecule has 0 aliphatic heterocycles. The number of aryl methyl sites for hydroxylation is 1. The molecule has 0 radical (unpaired) electrons. The Morgan fingerprint density at radius 3 is 2.64 bits per heavy atom. The number of carbonyl (C=O) groups excluding carboxylic acids is 1. The first kappa shape index (κ1) is 16.7. The van der Waals surface area contributed by atoms with E-state index in [1.54, 1.807) is 19.4 Å². The van der Waals surface area contributed by atoms with Crippen LogP contribution in [0, 0.1) is 12.3 Å². The summed E-state index contributed by atoms with van der Waals surface area (Å²) in [5.74, 6) is 1.18. The summed E-state index contributed by atoms with van der Waals surface area (Å²) in [6.45, 7) is 3.41. The van der Waals surface area contributed by atoms with Gasteiger partial charge in [0.15, 0.2) is 10.8 Å². The second-order valence-corrected chi connectivity index (χ2v) is 6.59. The third kappa shape index (κ3) is 3.55. The van der Waals surface area contributed by atoms with Crippen molar-refractivity contribution in [3.8, 4) is 10.8 Å². The number of aliphatic hydroxyl groups excluding tert-OH is 2.